The zero-order valence-corrected chi connectivity index (χ0v) is 12.1. The third-order valence-electron chi connectivity index (χ3n) is 3.18. The van der Waals surface area contributed by atoms with E-state index in [2.05, 4.69) is 4.99 Å². The molecule has 0 aromatic heterocycles. The van der Waals surface area contributed by atoms with Crippen molar-refractivity contribution in [2.45, 2.75) is 26.4 Å². The van der Waals surface area contributed by atoms with Gasteiger partial charge in [0.05, 0.1) is 20.3 Å². The summed E-state index contributed by atoms with van der Waals surface area (Å²) >= 11 is 0. The van der Waals surface area contributed by atoms with Crippen LogP contribution in [0.25, 0.3) is 0 Å². The van der Waals surface area contributed by atoms with Crippen molar-refractivity contribution in [1.82, 2.24) is 4.90 Å². The van der Waals surface area contributed by atoms with Crippen LogP contribution in [-0.2, 0) is 16.1 Å². The predicted octanol–water partition coefficient (Wildman–Crippen LogP) is 1.86. The maximum Gasteiger partial charge on any atom is 0.247 e. The maximum absolute atomic E-state index is 12.1. The van der Waals surface area contributed by atoms with Crippen molar-refractivity contribution in [3.05, 3.63) is 29.8 Å². The van der Waals surface area contributed by atoms with Gasteiger partial charge in [0.1, 0.15) is 11.8 Å². The van der Waals surface area contributed by atoms with Gasteiger partial charge in [0.25, 0.3) is 0 Å². The lowest BCUT2D eigenvalue weighted by Crippen LogP contribution is -2.45. The number of nitrogens with zero attached hydrogens (tertiary/aromatic N) is 2. The third kappa shape index (κ3) is 3.29. The van der Waals surface area contributed by atoms with Crippen molar-refractivity contribution in [2.75, 3.05) is 20.3 Å². The standard InChI is InChI=1S/C15H20N2O3/c1-4-20-14-10-17(15(18)11(2)16-14)9-12-5-7-13(19-3)8-6-12/h5-8,11H,4,9-10H2,1-3H3/t11-/m0/s1. The Morgan fingerprint density at radius 2 is 2.05 bits per heavy atom. The van der Waals surface area contributed by atoms with Crippen LogP contribution in [0.4, 0.5) is 0 Å². The summed E-state index contributed by atoms with van der Waals surface area (Å²) in [6.07, 6.45) is 0. The molecule has 108 valence electrons. The van der Waals surface area contributed by atoms with Gasteiger partial charge >= 0.3 is 0 Å². The third-order valence-corrected chi connectivity index (χ3v) is 3.18. The highest BCUT2D eigenvalue weighted by molar-refractivity contribution is 5.93. The smallest absolute Gasteiger partial charge is 0.247 e. The summed E-state index contributed by atoms with van der Waals surface area (Å²) in [6.45, 7) is 5.26. The number of aliphatic imine (C=N–C) groups is 1. The number of rotatable bonds is 4. The Morgan fingerprint density at radius 3 is 2.65 bits per heavy atom. The molecule has 0 bridgehead atoms. The van der Waals surface area contributed by atoms with E-state index < -0.39 is 0 Å². The Bertz CT molecular complexity index is 496. The molecule has 0 saturated carbocycles. The minimum absolute atomic E-state index is 0.0317. The molecule has 0 N–H and O–H groups in total. The zero-order valence-electron chi connectivity index (χ0n) is 12.1. The predicted molar refractivity (Wildman–Crippen MR) is 76.9 cm³/mol. The van der Waals surface area contributed by atoms with Crippen molar-refractivity contribution in [3.8, 4) is 5.75 Å². The van der Waals surface area contributed by atoms with E-state index in [1.165, 1.54) is 0 Å². The quantitative estimate of drug-likeness (QED) is 0.843. The normalized spacial score (nSPS) is 18.8. The summed E-state index contributed by atoms with van der Waals surface area (Å²) in [4.78, 5) is 18.2. The van der Waals surface area contributed by atoms with Crippen LogP contribution in [0.3, 0.4) is 0 Å². The minimum Gasteiger partial charge on any atom is -0.497 e. The largest absolute Gasteiger partial charge is 0.497 e. The zero-order chi connectivity index (χ0) is 14.5. The second-order valence-corrected chi connectivity index (χ2v) is 4.67. The fourth-order valence-corrected chi connectivity index (χ4v) is 2.15. The van der Waals surface area contributed by atoms with E-state index in [4.69, 9.17) is 9.47 Å². The van der Waals surface area contributed by atoms with Crippen molar-refractivity contribution in [2.24, 2.45) is 4.99 Å². The van der Waals surface area contributed by atoms with Crippen LogP contribution in [0.15, 0.2) is 29.3 Å². The summed E-state index contributed by atoms with van der Waals surface area (Å²) in [5.74, 6) is 1.47. The summed E-state index contributed by atoms with van der Waals surface area (Å²) in [5, 5.41) is 0. The first-order chi connectivity index (χ1) is 9.63. The number of hydrogen-bond acceptors (Lipinski definition) is 4. The molecule has 20 heavy (non-hydrogen) atoms. The molecular formula is C15H20N2O3. The average Bonchev–Trinajstić information content (AvgIpc) is 2.45. The molecule has 0 saturated heterocycles. The van der Waals surface area contributed by atoms with E-state index in [1.54, 1.807) is 18.9 Å². The fourth-order valence-electron chi connectivity index (χ4n) is 2.15. The van der Waals surface area contributed by atoms with E-state index in [0.717, 1.165) is 11.3 Å². The molecule has 1 aliphatic rings. The molecule has 2 rings (SSSR count). The first-order valence-corrected chi connectivity index (χ1v) is 6.75. The van der Waals surface area contributed by atoms with Gasteiger partial charge in [0.15, 0.2) is 0 Å². The van der Waals surface area contributed by atoms with E-state index in [0.29, 0.717) is 25.6 Å². The maximum atomic E-state index is 12.1. The number of ether oxygens (including phenoxy) is 2. The molecule has 1 heterocycles. The number of hydrogen-bond donors (Lipinski definition) is 0. The Kier molecular flexibility index (Phi) is 4.61. The molecule has 0 fully saturated rings. The Balaban J connectivity index is 2.07. The Morgan fingerprint density at radius 1 is 1.35 bits per heavy atom. The van der Waals surface area contributed by atoms with Crippen LogP contribution in [0.5, 0.6) is 5.75 Å². The molecule has 1 aliphatic heterocycles. The molecule has 0 unspecified atom stereocenters. The van der Waals surface area contributed by atoms with Crippen molar-refractivity contribution in [3.63, 3.8) is 0 Å². The van der Waals surface area contributed by atoms with Gasteiger partial charge in [0, 0.05) is 6.54 Å². The molecule has 0 aliphatic carbocycles. The van der Waals surface area contributed by atoms with Crippen molar-refractivity contribution < 1.29 is 14.3 Å². The van der Waals surface area contributed by atoms with E-state index in [9.17, 15) is 4.79 Å². The molecule has 5 heteroatoms. The molecule has 1 aromatic carbocycles. The highest BCUT2D eigenvalue weighted by Crippen LogP contribution is 2.16. The summed E-state index contributed by atoms with van der Waals surface area (Å²) in [5.41, 5.74) is 1.06. The highest BCUT2D eigenvalue weighted by Gasteiger charge is 2.27. The topological polar surface area (TPSA) is 51.1 Å². The van der Waals surface area contributed by atoms with E-state index >= 15 is 0 Å². The van der Waals surface area contributed by atoms with E-state index in [1.807, 2.05) is 31.2 Å². The monoisotopic (exact) mass is 276 g/mol. The molecule has 5 nitrogen and oxygen atoms in total. The fraction of sp³-hybridized carbons (Fsp3) is 0.467. The number of carbonyl (C=O) groups excluding carboxylic acids is 1. The SMILES string of the molecule is CCOC1=N[C@@H](C)C(=O)N(Cc2ccc(OC)cc2)C1. The van der Waals surface area contributed by atoms with Crippen LogP contribution in [0.1, 0.15) is 19.4 Å². The molecule has 0 spiro atoms. The van der Waals surface area contributed by atoms with Crippen molar-refractivity contribution >= 4 is 11.8 Å². The van der Waals surface area contributed by atoms with Crippen LogP contribution < -0.4 is 4.74 Å². The summed E-state index contributed by atoms with van der Waals surface area (Å²) in [6, 6.07) is 7.34. The molecule has 1 amide bonds. The number of methoxy groups -OCH3 is 1. The van der Waals surface area contributed by atoms with Gasteiger partial charge in [-0.1, -0.05) is 12.1 Å². The average molecular weight is 276 g/mol. The lowest BCUT2D eigenvalue weighted by molar-refractivity contribution is -0.132. The van der Waals surface area contributed by atoms with Gasteiger partial charge in [-0.15, -0.1) is 0 Å². The van der Waals surface area contributed by atoms with Crippen LogP contribution >= 0.6 is 0 Å². The highest BCUT2D eigenvalue weighted by atomic mass is 16.5. The molecule has 0 radical (unpaired) electrons. The van der Waals surface area contributed by atoms with Gasteiger partial charge in [-0.05, 0) is 31.5 Å². The summed E-state index contributed by atoms with van der Waals surface area (Å²) < 4.78 is 10.6. The van der Waals surface area contributed by atoms with Crippen LogP contribution in [0.2, 0.25) is 0 Å². The lowest BCUT2D eigenvalue weighted by atomic mass is 10.1. The first-order valence-electron chi connectivity index (χ1n) is 6.75. The molecule has 1 aromatic rings. The number of benzene rings is 1. The number of amides is 1. The van der Waals surface area contributed by atoms with E-state index in [-0.39, 0.29) is 11.9 Å². The van der Waals surface area contributed by atoms with Crippen LogP contribution in [-0.4, -0.2) is 43.0 Å². The Labute approximate surface area is 119 Å². The van der Waals surface area contributed by atoms with Gasteiger partial charge in [-0.3, -0.25) is 4.79 Å². The second kappa shape index (κ2) is 6.41. The first kappa shape index (κ1) is 14.4. The van der Waals surface area contributed by atoms with Gasteiger partial charge in [-0.25, -0.2) is 4.99 Å². The number of carbonyl (C=O) groups is 1. The van der Waals surface area contributed by atoms with Gasteiger partial charge < -0.3 is 14.4 Å². The molecule has 1 atom stereocenters. The second-order valence-electron chi connectivity index (χ2n) is 4.67. The van der Waals surface area contributed by atoms with Crippen molar-refractivity contribution in [1.29, 1.82) is 0 Å². The lowest BCUT2D eigenvalue weighted by Gasteiger charge is -2.29. The summed E-state index contributed by atoms with van der Waals surface area (Å²) in [7, 11) is 1.63. The van der Waals surface area contributed by atoms with Gasteiger partial charge in [-0.2, -0.15) is 0 Å². The van der Waals surface area contributed by atoms with Crippen LogP contribution in [0, 0.1) is 0 Å². The minimum atomic E-state index is -0.372. The van der Waals surface area contributed by atoms with Gasteiger partial charge in [0.2, 0.25) is 11.8 Å². The molecular weight excluding hydrogens is 256 g/mol. The Hall–Kier alpha value is -2.04.